The highest BCUT2D eigenvalue weighted by molar-refractivity contribution is 14.1. The monoisotopic (exact) mass is 484 g/mol. The highest BCUT2D eigenvalue weighted by Gasteiger charge is 2.20. The van der Waals surface area contributed by atoms with E-state index in [4.69, 9.17) is 9.47 Å². The molecule has 2 rings (SSSR count). The van der Waals surface area contributed by atoms with Gasteiger partial charge in [0.2, 0.25) is 0 Å². The maximum Gasteiger partial charge on any atom is 0.412 e. The fourth-order valence-corrected chi connectivity index (χ4v) is 3.12. The van der Waals surface area contributed by atoms with E-state index in [0.29, 0.717) is 11.4 Å². The van der Waals surface area contributed by atoms with E-state index in [9.17, 15) is 9.59 Å². The van der Waals surface area contributed by atoms with Crippen molar-refractivity contribution in [3.63, 3.8) is 0 Å². The van der Waals surface area contributed by atoms with Crippen molar-refractivity contribution in [3.8, 4) is 0 Å². The van der Waals surface area contributed by atoms with Gasteiger partial charge in [0, 0.05) is 8.96 Å². The number of carbonyl (C=O) groups excluding carboxylic acids is 2. The van der Waals surface area contributed by atoms with Crippen molar-refractivity contribution in [1.82, 2.24) is 0 Å². The summed E-state index contributed by atoms with van der Waals surface area (Å²) >= 11 is 2.17. The van der Waals surface area contributed by atoms with Gasteiger partial charge < -0.3 is 9.47 Å². The van der Waals surface area contributed by atoms with E-state index in [1.807, 2.05) is 24.3 Å². The SMILES string of the molecule is CC(C)(C)OC(=O)Nc1cc(NC(=O)OC(C)(C)C)c2ccccc2c1I. The van der Waals surface area contributed by atoms with Crippen LogP contribution in [0.3, 0.4) is 0 Å². The standard InChI is InChI=1S/C20H25IN2O4/c1-19(2,3)26-17(24)22-14-11-15(23-18(25)27-20(4,5)6)16(21)13-10-8-7-9-12(13)14/h7-11H,1-6H3,(H,22,24)(H,23,25). The van der Waals surface area contributed by atoms with E-state index in [2.05, 4.69) is 33.2 Å². The Hall–Kier alpha value is -2.03. The molecular formula is C20H25IN2O4. The zero-order chi connectivity index (χ0) is 20.4. The number of rotatable bonds is 2. The lowest BCUT2D eigenvalue weighted by molar-refractivity contribution is 0.0625. The van der Waals surface area contributed by atoms with Gasteiger partial charge in [0.15, 0.2) is 0 Å². The molecule has 0 heterocycles. The van der Waals surface area contributed by atoms with Gasteiger partial charge in [-0.05, 0) is 75.6 Å². The van der Waals surface area contributed by atoms with E-state index >= 15 is 0 Å². The highest BCUT2D eigenvalue weighted by atomic mass is 127. The summed E-state index contributed by atoms with van der Waals surface area (Å²) in [5, 5.41) is 7.28. The minimum atomic E-state index is -0.610. The number of carbonyl (C=O) groups is 2. The molecule has 2 aromatic rings. The van der Waals surface area contributed by atoms with Crippen molar-refractivity contribution < 1.29 is 19.1 Å². The predicted molar refractivity (Wildman–Crippen MR) is 116 cm³/mol. The third-order valence-electron chi connectivity index (χ3n) is 3.25. The molecule has 0 aliphatic heterocycles. The van der Waals surface area contributed by atoms with Crippen molar-refractivity contribution >= 4 is 56.9 Å². The first-order valence-electron chi connectivity index (χ1n) is 8.57. The van der Waals surface area contributed by atoms with Crippen LogP contribution in [0.25, 0.3) is 10.8 Å². The summed E-state index contributed by atoms with van der Waals surface area (Å²) in [6.45, 7) is 10.8. The van der Waals surface area contributed by atoms with Crippen molar-refractivity contribution in [1.29, 1.82) is 0 Å². The zero-order valence-electron chi connectivity index (χ0n) is 16.4. The Bertz CT molecular complexity index is 867. The first-order valence-corrected chi connectivity index (χ1v) is 9.65. The molecule has 0 atom stereocenters. The molecule has 2 N–H and O–H groups in total. The lowest BCUT2D eigenvalue weighted by atomic mass is 10.1. The number of anilines is 2. The normalized spacial score (nSPS) is 11.8. The molecule has 0 aliphatic carbocycles. The molecule has 7 heteroatoms. The molecule has 6 nitrogen and oxygen atoms in total. The smallest absolute Gasteiger partial charge is 0.412 e. The van der Waals surface area contributed by atoms with E-state index in [-0.39, 0.29) is 0 Å². The van der Waals surface area contributed by atoms with E-state index in [1.54, 1.807) is 47.6 Å². The van der Waals surface area contributed by atoms with Gasteiger partial charge in [-0.25, -0.2) is 9.59 Å². The molecular weight excluding hydrogens is 459 g/mol. The summed E-state index contributed by atoms with van der Waals surface area (Å²) in [4.78, 5) is 24.4. The summed E-state index contributed by atoms with van der Waals surface area (Å²) in [6.07, 6.45) is -1.11. The fourth-order valence-electron chi connectivity index (χ4n) is 2.36. The van der Waals surface area contributed by atoms with Gasteiger partial charge in [-0.15, -0.1) is 0 Å². The van der Waals surface area contributed by atoms with Crippen LogP contribution in [0, 0.1) is 3.57 Å². The fraction of sp³-hybridized carbons (Fsp3) is 0.400. The second kappa shape index (κ2) is 7.92. The lowest BCUT2D eigenvalue weighted by Gasteiger charge is -2.22. The quantitative estimate of drug-likeness (QED) is 0.503. The third kappa shape index (κ3) is 6.27. The van der Waals surface area contributed by atoms with Crippen LogP contribution in [-0.4, -0.2) is 23.4 Å². The maximum absolute atomic E-state index is 12.2. The van der Waals surface area contributed by atoms with Crippen molar-refractivity contribution in [2.45, 2.75) is 52.7 Å². The second-order valence-corrected chi connectivity index (χ2v) is 9.16. The Labute approximate surface area is 173 Å². The third-order valence-corrected chi connectivity index (χ3v) is 4.41. The number of halogens is 1. The Balaban J connectivity index is 2.40. The molecule has 0 spiro atoms. The number of hydrogen-bond acceptors (Lipinski definition) is 4. The second-order valence-electron chi connectivity index (χ2n) is 8.09. The van der Waals surface area contributed by atoms with Crippen LogP contribution < -0.4 is 10.6 Å². The maximum atomic E-state index is 12.2. The molecule has 0 fully saturated rings. The van der Waals surface area contributed by atoms with Crippen LogP contribution in [-0.2, 0) is 9.47 Å². The van der Waals surface area contributed by atoms with Crippen molar-refractivity contribution in [3.05, 3.63) is 33.9 Å². The van der Waals surface area contributed by atoms with E-state index in [0.717, 1.165) is 14.3 Å². The number of nitrogens with one attached hydrogen (secondary N) is 2. The average Bonchev–Trinajstić information content (AvgIpc) is 2.48. The van der Waals surface area contributed by atoms with Gasteiger partial charge >= 0.3 is 12.2 Å². The van der Waals surface area contributed by atoms with Gasteiger partial charge in [0.05, 0.1) is 11.4 Å². The molecule has 146 valence electrons. The van der Waals surface area contributed by atoms with Crippen LogP contribution in [0.15, 0.2) is 30.3 Å². The van der Waals surface area contributed by atoms with Gasteiger partial charge in [0.25, 0.3) is 0 Å². The van der Waals surface area contributed by atoms with Crippen LogP contribution >= 0.6 is 22.6 Å². The van der Waals surface area contributed by atoms with Crippen LogP contribution in [0.2, 0.25) is 0 Å². The number of amides is 2. The summed E-state index contributed by atoms with van der Waals surface area (Å²) in [6, 6.07) is 9.33. The molecule has 0 unspecified atom stereocenters. The van der Waals surface area contributed by atoms with Crippen LogP contribution in [0.5, 0.6) is 0 Å². The highest BCUT2D eigenvalue weighted by Crippen LogP contribution is 2.34. The molecule has 2 amide bonds. The average molecular weight is 484 g/mol. The predicted octanol–water partition coefficient (Wildman–Crippen LogP) is 6.14. The Kier molecular flexibility index (Phi) is 6.24. The van der Waals surface area contributed by atoms with Crippen molar-refractivity contribution in [2.75, 3.05) is 10.6 Å². The number of hydrogen-bond donors (Lipinski definition) is 2. The Morgan fingerprint density at radius 1 is 0.815 bits per heavy atom. The first-order chi connectivity index (χ1) is 12.4. The van der Waals surface area contributed by atoms with Gasteiger partial charge in [0.1, 0.15) is 11.2 Å². The van der Waals surface area contributed by atoms with E-state index < -0.39 is 23.4 Å². The Morgan fingerprint density at radius 2 is 1.26 bits per heavy atom. The van der Waals surface area contributed by atoms with Crippen LogP contribution in [0.1, 0.15) is 41.5 Å². The molecule has 2 aromatic carbocycles. The van der Waals surface area contributed by atoms with Gasteiger partial charge in [-0.1, -0.05) is 24.3 Å². The molecule has 0 aliphatic rings. The Morgan fingerprint density at radius 3 is 1.74 bits per heavy atom. The summed E-state index contributed by atoms with van der Waals surface area (Å²) in [5.41, 5.74) is -0.120. The topological polar surface area (TPSA) is 76.7 Å². The molecule has 0 bridgehead atoms. The first kappa shape index (κ1) is 21.3. The molecule has 0 saturated heterocycles. The van der Waals surface area contributed by atoms with E-state index in [1.165, 1.54) is 0 Å². The largest absolute Gasteiger partial charge is 0.444 e. The van der Waals surface area contributed by atoms with Crippen LogP contribution in [0.4, 0.5) is 21.0 Å². The summed E-state index contributed by atoms with van der Waals surface area (Å²) in [7, 11) is 0. The molecule has 27 heavy (non-hydrogen) atoms. The minimum absolute atomic E-state index is 0.548. The number of fused-ring (bicyclic) bond motifs is 1. The molecule has 0 saturated carbocycles. The zero-order valence-corrected chi connectivity index (χ0v) is 18.6. The summed E-state index contributed by atoms with van der Waals surface area (Å²) in [5.74, 6) is 0. The van der Waals surface area contributed by atoms with Gasteiger partial charge in [-0.3, -0.25) is 10.6 Å². The summed E-state index contributed by atoms with van der Waals surface area (Å²) < 4.78 is 11.5. The molecule has 0 radical (unpaired) electrons. The van der Waals surface area contributed by atoms with Gasteiger partial charge in [-0.2, -0.15) is 0 Å². The minimum Gasteiger partial charge on any atom is -0.444 e. The molecule has 0 aromatic heterocycles. The van der Waals surface area contributed by atoms with Crippen molar-refractivity contribution in [2.24, 2.45) is 0 Å². The number of benzene rings is 2. The number of ether oxygens (including phenoxy) is 2. The lowest BCUT2D eigenvalue weighted by Crippen LogP contribution is -2.28.